The van der Waals surface area contributed by atoms with Crippen LogP contribution >= 0.6 is 0 Å². The van der Waals surface area contributed by atoms with Crippen molar-refractivity contribution in [1.29, 1.82) is 0 Å². The molecule has 1 aliphatic rings. The van der Waals surface area contributed by atoms with Crippen LogP contribution in [0.3, 0.4) is 0 Å². The number of H-pyrrole nitrogens is 1. The molecule has 0 radical (unpaired) electrons. The van der Waals surface area contributed by atoms with Crippen molar-refractivity contribution in [3.8, 4) is 0 Å². The van der Waals surface area contributed by atoms with E-state index >= 15 is 0 Å². The van der Waals surface area contributed by atoms with Crippen LogP contribution in [0.4, 0.5) is 5.69 Å². The lowest BCUT2D eigenvalue weighted by Gasteiger charge is -2.31. The van der Waals surface area contributed by atoms with Crippen molar-refractivity contribution in [2.24, 2.45) is 0 Å². The van der Waals surface area contributed by atoms with Gasteiger partial charge in [-0.3, -0.25) is 9.69 Å². The monoisotopic (exact) mass is 334 g/mol. The first kappa shape index (κ1) is 15.8. The second-order valence-electron chi connectivity index (χ2n) is 6.61. The topological polar surface area (TPSA) is 61.0 Å². The minimum Gasteiger partial charge on any atom is -0.346 e. The van der Waals surface area contributed by atoms with Crippen LogP contribution in [0.5, 0.6) is 0 Å². The van der Waals surface area contributed by atoms with Crippen molar-refractivity contribution in [3.63, 3.8) is 0 Å². The molecule has 0 atom stereocenters. The van der Waals surface area contributed by atoms with E-state index in [2.05, 4.69) is 32.4 Å². The molecule has 0 saturated carbocycles. The van der Waals surface area contributed by atoms with E-state index in [9.17, 15) is 4.79 Å². The molecule has 1 aliphatic heterocycles. The molecule has 1 aromatic carbocycles. The lowest BCUT2D eigenvalue weighted by Crippen LogP contribution is -2.38. The summed E-state index contributed by atoms with van der Waals surface area (Å²) < 4.78 is 0. The third-order valence-electron chi connectivity index (χ3n) is 4.94. The van der Waals surface area contributed by atoms with E-state index in [4.69, 9.17) is 0 Å². The molecule has 1 amide bonds. The highest BCUT2D eigenvalue weighted by Gasteiger charge is 2.24. The second kappa shape index (κ2) is 7.07. The number of rotatable bonds is 4. The Labute approximate surface area is 147 Å². The summed E-state index contributed by atoms with van der Waals surface area (Å²) in [5.74, 6) is 0.590. The number of aromatic nitrogens is 2. The van der Waals surface area contributed by atoms with Gasteiger partial charge in [-0.2, -0.15) is 0 Å². The van der Waals surface area contributed by atoms with Gasteiger partial charge in [0.2, 0.25) is 5.91 Å². The Hall–Kier alpha value is -2.66. The van der Waals surface area contributed by atoms with Crippen LogP contribution in [0.2, 0.25) is 0 Å². The summed E-state index contributed by atoms with van der Waals surface area (Å²) >= 11 is 0. The first-order chi connectivity index (χ1) is 12.3. The van der Waals surface area contributed by atoms with Gasteiger partial charge in [-0.05, 0) is 61.7 Å². The van der Waals surface area contributed by atoms with Gasteiger partial charge >= 0.3 is 0 Å². The summed E-state index contributed by atoms with van der Waals surface area (Å²) in [6.07, 6.45) is 6.05. The Bertz CT molecular complexity index is 850. The quantitative estimate of drug-likeness (QED) is 0.769. The third kappa shape index (κ3) is 3.56. The molecule has 1 fully saturated rings. The molecule has 4 rings (SSSR count). The molecular formula is C20H22N4O. The van der Waals surface area contributed by atoms with E-state index in [0.717, 1.165) is 37.3 Å². The molecule has 5 heteroatoms. The molecule has 0 spiro atoms. The number of hydrogen-bond donors (Lipinski definition) is 2. The number of hydrogen-bond acceptors (Lipinski definition) is 3. The van der Waals surface area contributed by atoms with Crippen LogP contribution in [-0.4, -0.2) is 40.4 Å². The summed E-state index contributed by atoms with van der Waals surface area (Å²) in [5.41, 5.74) is 3.17. The van der Waals surface area contributed by atoms with Gasteiger partial charge in [-0.25, -0.2) is 4.98 Å². The van der Waals surface area contributed by atoms with Crippen LogP contribution in [0, 0.1) is 0 Å². The van der Waals surface area contributed by atoms with E-state index in [0.29, 0.717) is 12.5 Å². The van der Waals surface area contributed by atoms with Gasteiger partial charge in [0.05, 0.1) is 6.54 Å². The highest BCUT2D eigenvalue weighted by molar-refractivity contribution is 5.92. The number of carbonyl (C=O) groups is 1. The van der Waals surface area contributed by atoms with Crippen LogP contribution in [0.15, 0.2) is 54.9 Å². The standard InChI is InChI=1S/C20H22N4O/c25-19(23-16-5-2-1-3-6-16)14-24-11-8-15(9-12-24)18-13-22-20-17(18)7-4-10-21-20/h1-7,10,13,15H,8-9,11-12,14H2,(H,21,22)(H,23,25). The van der Waals surface area contributed by atoms with E-state index < -0.39 is 0 Å². The molecule has 5 nitrogen and oxygen atoms in total. The van der Waals surface area contributed by atoms with E-state index in [-0.39, 0.29) is 5.91 Å². The average Bonchev–Trinajstić information content (AvgIpc) is 3.07. The van der Waals surface area contributed by atoms with Crippen molar-refractivity contribution in [1.82, 2.24) is 14.9 Å². The highest BCUT2D eigenvalue weighted by atomic mass is 16.2. The number of benzene rings is 1. The third-order valence-corrected chi connectivity index (χ3v) is 4.94. The van der Waals surface area contributed by atoms with E-state index in [1.165, 1.54) is 10.9 Å². The van der Waals surface area contributed by atoms with Crippen LogP contribution < -0.4 is 5.32 Å². The van der Waals surface area contributed by atoms with Crippen molar-refractivity contribution in [3.05, 3.63) is 60.4 Å². The van der Waals surface area contributed by atoms with Gasteiger partial charge in [0, 0.05) is 23.5 Å². The highest BCUT2D eigenvalue weighted by Crippen LogP contribution is 2.32. The maximum absolute atomic E-state index is 12.2. The number of carbonyl (C=O) groups excluding carboxylic acids is 1. The summed E-state index contributed by atoms with van der Waals surface area (Å²) in [7, 11) is 0. The van der Waals surface area contributed by atoms with Crippen LogP contribution in [0.25, 0.3) is 11.0 Å². The minimum atomic E-state index is 0.0564. The van der Waals surface area contributed by atoms with Gasteiger partial charge < -0.3 is 10.3 Å². The minimum absolute atomic E-state index is 0.0564. The van der Waals surface area contributed by atoms with Crippen molar-refractivity contribution >= 4 is 22.6 Å². The summed E-state index contributed by atoms with van der Waals surface area (Å²) in [5, 5.41) is 4.18. The molecular weight excluding hydrogens is 312 g/mol. The first-order valence-electron chi connectivity index (χ1n) is 8.79. The number of fused-ring (bicyclic) bond motifs is 1. The smallest absolute Gasteiger partial charge is 0.238 e. The van der Waals surface area contributed by atoms with E-state index in [1.54, 1.807) is 0 Å². The predicted molar refractivity (Wildman–Crippen MR) is 99.6 cm³/mol. The van der Waals surface area contributed by atoms with Gasteiger partial charge in [-0.15, -0.1) is 0 Å². The Morgan fingerprint density at radius 1 is 1.16 bits per heavy atom. The van der Waals surface area contributed by atoms with Gasteiger partial charge in [0.15, 0.2) is 0 Å². The Kier molecular flexibility index (Phi) is 4.48. The zero-order valence-corrected chi connectivity index (χ0v) is 14.1. The Morgan fingerprint density at radius 3 is 2.76 bits per heavy atom. The maximum atomic E-state index is 12.2. The molecule has 0 bridgehead atoms. The number of nitrogens with zero attached hydrogens (tertiary/aromatic N) is 2. The summed E-state index contributed by atoms with van der Waals surface area (Å²) in [6.45, 7) is 2.34. The fourth-order valence-electron chi connectivity index (χ4n) is 3.64. The summed E-state index contributed by atoms with van der Waals surface area (Å²) in [4.78, 5) is 22.1. The van der Waals surface area contributed by atoms with Crippen molar-refractivity contribution < 1.29 is 4.79 Å². The zero-order chi connectivity index (χ0) is 17.1. The molecule has 3 heterocycles. The zero-order valence-electron chi connectivity index (χ0n) is 14.1. The molecule has 3 aromatic rings. The molecule has 0 aliphatic carbocycles. The largest absolute Gasteiger partial charge is 0.346 e. The fraction of sp³-hybridized carbons (Fsp3) is 0.300. The number of aromatic amines is 1. The SMILES string of the molecule is O=C(CN1CCC(c2c[nH]c3ncccc23)CC1)Nc1ccccc1. The molecule has 1 saturated heterocycles. The van der Waals surface area contributed by atoms with Crippen molar-refractivity contribution in [2.75, 3.05) is 25.0 Å². The fourth-order valence-corrected chi connectivity index (χ4v) is 3.64. The number of para-hydroxylation sites is 1. The van der Waals surface area contributed by atoms with Crippen LogP contribution in [-0.2, 0) is 4.79 Å². The summed E-state index contributed by atoms with van der Waals surface area (Å²) in [6, 6.07) is 13.7. The molecule has 2 N–H and O–H groups in total. The molecule has 25 heavy (non-hydrogen) atoms. The predicted octanol–water partition coefficient (Wildman–Crippen LogP) is 3.38. The van der Waals surface area contributed by atoms with Crippen LogP contribution in [0.1, 0.15) is 24.3 Å². The Balaban J connectivity index is 1.33. The molecule has 2 aromatic heterocycles. The number of pyridine rings is 1. The van der Waals surface area contributed by atoms with Crippen molar-refractivity contribution in [2.45, 2.75) is 18.8 Å². The van der Waals surface area contributed by atoms with Gasteiger partial charge in [0.1, 0.15) is 5.65 Å². The average molecular weight is 334 g/mol. The number of piperidine rings is 1. The number of likely N-dealkylation sites (tertiary alicyclic amines) is 1. The lowest BCUT2D eigenvalue weighted by atomic mass is 9.89. The second-order valence-corrected chi connectivity index (χ2v) is 6.61. The maximum Gasteiger partial charge on any atom is 0.238 e. The number of amides is 1. The Morgan fingerprint density at radius 2 is 1.96 bits per heavy atom. The lowest BCUT2D eigenvalue weighted by molar-refractivity contribution is -0.117. The molecule has 128 valence electrons. The number of nitrogens with one attached hydrogen (secondary N) is 2. The van der Waals surface area contributed by atoms with Gasteiger partial charge in [-0.1, -0.05) is 18.2 Å². The first-order valence-corrected chi connectivity index (χ1v) is 8.79. The normalized spacial score (nSPS) is 16.2. The number of anilines is 1. The molecule has 0 unspecified atom stereocenters. The van der Waals surface area contributed by atoms with Gasteiger partial charge in [0.25, 0.3) is 0 Å². The van der Waals surface area contributed by atoms with E-state index in [1.807, 2.05) is 42.6 Å².